The van der Waals surface area contributed by atoms with Crippen molar-refractivity contribution in [3.63, 3.8) is 0 Å². The van der Waals surface area contributed by atoms with E-state index in [9.17, 15) is 9.59 Å². The molecule has 0 radical (unpaired) electrons. The van der Waals surface area contributed by atoms with Crippen LogP contribution in [0.3, 0.4) is 0 Å². The number of aromatic nitrogens is 2. The first kappa shape index (κ1) is 12.8. The molecule has 0 saturated carbocycles. The Balaban J connectivity index is 2.05. The largest absolute Gasteiger partial charge is 0.287 e. The number of amides is 2. The zero-order valence-electron chi connectivity index (χ0n) is 10.4. The molecule has 2 rings (SSSR count). The fraction of sp³-hybridized carbons (Fsp3) is 0.154. The number of benzene rings is 1. The van der Waals surface area contributed by atoms with Gasteiger partial charge in [-0.1, -0.05) is 37.3 Å². The Kier molecular flexibility index (Phi) is 3.92. The van der Waals surface area contributed by atoms with Crippen LogP contribution in [-0.4, -0.2) is 22.0 Å². The quantitative estimate of drug-likeness (QED) is 0.724. The Morgan fingerprint density at radius 1 is 1.21 bits per heavy atom. The first-order valence-electron chi connectivity index (χ1n) is 5.90. The van der Waals surface area contributed by atoms with E-state index in [-0.39, 0.29) is 11.6 Å². The van der Waals surface area contributed by atoms with E-state index in [4.69, 9.17) is 0 Å². The lowest BCUT2D eigenvalue weighted by molar-refractivity contribution is -0.121. The van der Waals surface area contributed by atoms with Crippen LogP contribution in [0.4, 0.5) is 0 Å². The summed E-state index contributed by atoms with van der Waals surface area (Å²) in [6.45, 7) is 1.70. The summed E-state index contributed by atoms with van der Waals surface area (Å²) in [5, 5.41) is 6.69. The highest BCUT2D eigenvalue weighted by molar-refractivity contribution is 5.94. The minimum atomic E-state index is -0.434. The van der Waals surface area contributed by atoms with E-state index >= 15 is 0 Å². The van der Waals surface area contributed by atoms with Gasteiger partial charge in [0.15, 0.2) is 0 Å². The molecule has 0 saturated heterocycles. The maximum atomic E-state index is 11.7. The number of hydrazine groups is 1. The van der Waals surface area contributed by atoms with Crippen molar-refractivity contribution >= 4 is 11.8 Å². The van der Waals surface area contributed by atoms with E-state index in [1.54, 1.807) is 13.0 Å². The van der Waals surface area contributed by atoms with E-state index < -0.39 is 5.91 Å². The van der Waals surface area contributed by atoms with Crippen molar-refractivity contribution in [3.05, 3.63) is 42.1 Å². The average molecular weight is 258 g/mol. The lowest BCUT2D eigenvalue weighted by Crippen LogP contribution is -2.41. The first-order chi connectivity index (χ1) is 9.20. The SMILES string of the molecule is CCC(=O)NNC(=O)c1cc(-c2ccccc2)n[nH]1. The molecule has 0 fully saturated rings. The summed E-state index contributed by atoms with van der Waals surface area (Å²) in [7, 11) is 0. The molecule has 0 aliphatic heterocycles. The molecule has 0 bridgehead atoms. The van der Waals surface area contributed by atoms with Gasteiger partial charge in [0.2, 0.25) is 5.91 Å². The van der Waals surface area contributed by atoms with E-state index in [0.717, 1.165) is 5.56 Å². The van der Waals surface area contributed by atoms with Crippen molar-refractivity contribution in [1.82, 2.24) is 21.0 Å². The van der Waals surface area contributed by atoms with Crippen molar-refractivity contribution in [2.45, 2.75) is 13.3 Å². The fourth-order valence-electron chi connectivity index (χ4n) is 1.48. The van der Waals surface area contributed by atoms with Gasteiger partial charge < -0.3 is 0 Å². The lowest BCUT2D eigenvalue weighted by Gasteiger charge is -2.03. The van der Waals surface area contributed by atoms with Gasteiger partial charge in [0.1, 0.15) is 5.69 Å². The molecule has 0 aliphatic rings. The number of rotatable bonds is 3. The number of hydrogen-bond acceptors (Lipinski definition) is 3. The molecule has 1 aromatic carbocycles. The molecule has 0 unspecified atom stereocenters. The van der Waals surface area contributed by atoms with Crippen molar-refractivity contribution in [1.29, 1.82) is 0 Å². The molecule has 2 aromatic rings. The maximum Gasteiger partial charge on any atom is 0.287 e. The highest BCUT2D eigenvalue weighted by atomic mass is 16.2. The van der Waals surface area contributed by atoms with Gasteiger partial charge in [-0.25, -0.2) is 0 Å². The number of carbonyl (C=O) groups excluding carboxylic acids is 2. The van der Waals surface area contributed by atoms with Crippen LogP contribution in [0.5, 0.6) is 0 Å². The molecule has 1 aromatic heterocycles. The van der Waals surface area contributed by atoms with Gasteiger partial charge >= 0.3 is 0 Å². The average Bonchev–Trinajstić information content (AvgIpc) is 2.95. The first-order valence-corrected chi connectivity index (χ1v) is 5.90. The van der Waals surface area contributed by atoms with Crippen LogP contribution in [0.1, 0.15) is 23.8 Å². The molecule has 2 amide bonds. The summed E-state index contributed by atoms with van der Waals surface area (Å²) in [4.78, 5) is 22.7. The fourth-order valence-corrected chi connectivity index (χ4v) is 1.48. The number of carbonyl (C=O) groups is 2. The van der Waals surface area contributed by atoms with Crippen LogP contribution in [0.25, 0.3) is 11.3 Å². The standard InChI is InChI=1S/C13H14N4O2/c1-2-12(18)16-17-13(19)11-8-10(14-15-11)9-6-4-3-5-7-9/h3-8H,2H2,1H3,(H,14,15)(H,16,18)(H,17,19). The van der Waals surface area contributed by atoms with Gasteiger partial charge in [-0.05, 0) is 6.07 Å². The molecule has 19 heavy (non-hydrogen) atoms. The summed E-state index contributed by atoms with van der Waals surface area (Å²) in [6.07, 6.45) is 0.304. The van der Waals surface area contributed by atoms with Crippen LogP contribution >= 0.6 is 0 Å². The molecule has 1 heterocycles. The van der Waals surface area contributed by atoms with Crippen molar-refractivity contribution in [3.8, 4) is 11.3 Å². The minimum Gasteiger partial charge on any atom is -0.273 e. The normalized spacial score (nSPS) is 9.95. The topological polar surface area (TPSA) is 86.9 Å². The smallest absolute Gasteiger partial charge is 0.273 e. The number of nitrogens with one attached hydrogen (secondary N) is 3. The molecule has 0 aliphatic carbocycles. The summed E-state index contributed by atoms with van der Waals surface area (Å²) in [5.74, 6) is -0.687. The van der Waals surface area contributed by atoms with Gasteiger partial charge in [0.25, 0.3) is 5.91 Å². The molecule has 0 spiro atoms. The molecule has 6 heteroatoms. The van der Waals surface area contributed by atoms with E-state index in [1.165, 1.54) is 0 Å². The predicted molar refractivity (Wildman–Crippen MR) is 69.9 cm³/mol. The highest BCUT2D eigenvalue weighted by Crippen LogP contribution is 2.16. The molecule has 0 atom stereocenters. The third-order valence-corrected chi connectivity index (χ3v) is 2.53. The molecular weight excluding hydrogens is 244 g/mol. The Morgan fingerprint density at radius 3 is 2.63 bits per heavy atom. The summed E-state index contributed by atoms with van der Waals surface area (Å²) >= 11 is 0. The van der Waals surface area contributed by atoms with Crippen LogP contribution in [0.15, 0.2) is 36.4 Å². The maximum absolute atomic E-state index is 11.7. The Morgan fingerprint density at radius 2 is 1.95 bits per heavy atom. The Hall–Kier alpha value is -2.63. The van der Waals surface area contributed by atoms with Crippen LogP contribution < -0.4 is 10.9 Å². The second kappa shape index (κ2) is 5.81. The number of aromatic amines is 1. The molecule has 3 N–H and O–H groups in total. The van der Waals surface area contributed by atoms with E-state index in [0.29, 0.717) is 12.1 Å². The monoisotopic (exact) mass is 258 g/mol. The van der Waals surface area contributed by atoms with Gasteiger partial charge in [-0.3, -0.25) is 25.5 Å². The van der Waals surface area contributed by atoms with Crippen molar-refractivity contribution in [2.75, 3.05) is 0 Å². The second-order valence-electron chi connectivity index (χ2n) is 3.89. The van der Waals surface area contributed by atoms with Crippen LogP contribution in [-0.2, 0) is 4.79 Å². The van der Waals surface area contributed by atoms with Gasteiger partial charge in [-0.15, -0.1) is 0 Å². The zero-order valence-corrected chi connectivity index (χ0v) is 10.4. The van der Waals surface area contributed by atoms with Crippen LogP contribution in [0.2, 0.25) is 0 Å². The predicted octanol–water partition coefficient (Wildman–Crippen LogP) is 1.25. The number of nitrogens with zero attached hydrogens (tertiary/aromatic N) is 1. The third-order valence-electron chi connectivity index (χ3n) is 2.53. The number of H-pyrrole nitrogens is 1. The van der Waals surface area contributed by atoms with Crippen molar-refractivity contribution < 1.29 is 9.59 Å². The molecular formula is C13H14N4O2. The van der Waals surface area contributed by atoms with E-state index in [2.05, 4.69) is 21.0 Å². The lowest BCUT2D eigenvalue weighted by atomic mass is 10.1. The minimum absolute atomic E-state index is 0.254. The summed E-state index contributed by atoms with van der Waals surface area (Å²) < 4.78 is 0. The summed E-state index contributed by atoms with van der Waals surface area (Å²) in [6, 6.07) is 11.1. The highest BCUT2D eigenvalue weighted by Gasteiger charge is 2.11. The molecule has 98 valence electrons. The second-order valence-corrected chi connectivity index (χ2v) is 3.89. The van der Waals surface area contributed by atoms with Crippen LogP contribution in [0, 0.1) is 0 Å². The molecule has 6 nitrogen and oxygen atoms in total. The van der Waals surface area contributed by atoms with Gasteiger partial charge in [0.05, 0.1) is 5.69 Å². The van der Waals surface area contributed by atoms with E-state index in [1.807, 2.05) is 30.3 Å². The van der Waals surface area contributed by atoms with Crippen molar-refractivity contribution in [2.24, 2.45) is 0 Å². The zero-order chi connectivity index (χ0) is 13.7. The Labute approximate surface area is 110 Å². The Bertz CT molecular complexity index is 577. The summed E-state index contributed by atoms with van der Waals surface area (Å²) in [5.41, 5.74) is 6.47. The third kappa shape index (κ3) is 3.19. The van der Waals surface area contributed by atoms with Gasteiger partial charge in [0, 0.05) is 12.0 Å². The number of hydrogen-bond donors (Lipinski definition) is 3. The van der Waals surface area contributed by atoms with Gasteiger partial charge in [-0.2, -0.15) is 5.10 Å².